The lowest BCUT2D eigenvalue weighted by Crippen LogP contribution is -2.21. The van der Waals surface area contributed by atoms with Gasteiger partial charge in [0.2, 0.25) is 0 Å². The summed E-state index contributed by atoms with van der Waals surface area (Å²) in [5.74, 6) is 0.645. The summed E-state index contributed by atoms with van der Waals surface area (Å²) in [6.45, 7) is 4.97. The van der Waals surface area contributed by atoms with Gasteiger partial charge in [0.05, 0.1) is 10.0 Å². The van der Waals surface area contributed by atoms with E-state index in [2.05, 4.69) is 29.1 Å². The van der Waals surface area contributed by atoms with E-state index in [9.17, 15) is 0 Å². The van der Waals surface area contributed by atoms with Crippen LogP contribution in [0.25, 0.3) is 11.4 Å². The van der Waals surface area contributed by atoms with E-state index >= 15 is 0 Å². The standard InChI is InChI=1S/C14H15Cl2N3/c1-9(2)17-6-10-7-18-14(19-8-10)11-3-4-12(15)13(16)5-11/h3-5,7-9,17H,6H2,1-2H3. The molecule has 0 radical (unpaired) electrons. The molecule has 0 amide bonds. The van der Waals surface area contributed by atoms with Gasteiger partial charge in [-0.1, -0.05) is 37.0 Å². The first-order chi connectivity index (χ1) is 9.06. The third kappa shape index (κ3) is 3.90. The Hall–Kier alpha value is -1.16. The average Bonchev–Trinajstić information content (AvgIpc) is 2.40. The molecular formula is C14H15Cl2N3. The van der Waals surface area contributed by atoms with E-state index in [4.69, 9.17) is 23.2 Å². The van der Waals surface area contributed by atoms with Crippen LogP contribution in [-0.2, 0) is 6.54 Å². The fraction of sp³-hybridized carbons (Fsp3) is 0.286. The minimum absolute atomic E-state index is 0.440. The molecule has 2 rings (SSSR count). The van der Waals surface area contributed by atoms with Crippen LogP contribution in [0.15, 0.2) is 30.6 Å². The van der Waals surface area contributed by atoms with E-state index in [1.54, 1.807) is 12.1 Å². The summed E-state index contributed by atoms with van der Waals surface area (Å²) in [6, 6.07) is 5.81. The number of aromatic nitrogens is 2. The highest BCUT2D eigenvalue weighted by molar-refractivity contribution is 6.42. The van der Waals surface area contributed by atoms with Crippen molar-refractivity contribution in [3.8, 4) is 11.4 Å². The maximum absolute atomic E-state index is 5.98. The largest absolute Gasteiger partial charge is 0.310 e. The number of benzene rings is 1. The van der Waals surface area contributed by atoms with E-state index in [-0.39, 0.29) is 0 Å². The van der Waals surface area contributed by atoms with Gasteiger partial charge in [0, 0.05) is 36.1 Å². The normalized spacial score (nSPS) is 11.0. The monoisotopic (exact) mass is 295 g/mol. The van der Waals surface area contributed by atoms with Crippen molar-refractivity contribution in [2.45, 2.75) is 26.4 Å². The second-order valence-electron chi connectivity index (χ2n) is 4.58. The molecule has 1 heterocycles. The molecule has 0 unspecified atom stereocenters. The minimum atomic E-state index is 0.440. The highest BCUT2D eigenvalue weighted by Gasteiger charge is 2.05. The highest BCUT2D eigenvalue weighted by atomic mass is 35.5. The minimum Gasteiger partial charge on any atom is -0.310 e. The van der Waals surface area contributed by atoms with Crippen LogP contribution < -0.4 is 5.32 Å². The number of nitrogens with zero attached hydrogens (tertiary/aromatic N) is 2. The average molecular weight is 296 g/mol. The lowest BCUT2D eigenvalue weighted by molar-refractivity contribution is 0.587. The maximum atomic E-state index is 5.98. The summed E-state index contributed by atoms with van der Waals surface area (Å²) in [5.41, 5.74) is 1.91. The van der Waals surface area contributed by atoms with Crippen molar-refractivity contribution in [3.05, 3.63) is 46.2 Å². The Morgan fingerprint density at radius 3 is 2.37 bits per heavy atom. The predicted molar refractivity (Wildman–Crippen MR) is 79.5 cm³/mol. The first-order valence-corrected chi connectivity index (χ1v) is 6.81. The van der Waals surface area contributed by atoms with Gasteiger partial charge >= 0.3 is 0 Å². The molecule has 1 aromatic carbocycles. The Morgan fingerprint density at radius 1 is 1.11 bits per heavy atom. The molecule has 0 saturated carbocycles. The number of hydrogen-bond donors (Lipinski definition) is 1. The summed E-state index contributed by atoms with van der Waals surface area (Å²) in [4.78, 5) is 8.69. The molecule has 2 aromatic rings. The third-order valence-corrected chi connectivity index (χ3v) is 3.34. The molecule has 0 saturated heterocycles. The third-order valence-electron chi connectivity index (χ3n) is 2.60. The van der Waals surface area contributed by atoms with Gasteiger partial charge in [-0.2, -0.15) is 0 Å². The van der Waals surface area contributed by atoms with Gasteiger partial charge in [-0.15, -0.1) is 0 Å². The van der Waals surface area contributed by atoms with Crippen LogP contribution in [0.5, 0.6) is 0 Å². The van der Waals surface area contributed by atoms with E-state index in [0.717, 1.165) is 17.7 Å². The van der Waals surface area contributed by atoms with Crippen LogP contribution in [0.4, 0.5) is 0 Å². The van der Waals surface area contributed by atoms with Gasteiger partial charge in [0.15, 0.2) is 5.82 Å². The summed E-state index contributed by atoms with van der Waals surface area (Å²) in [5, 5.41) is 4.36. The molecule has 0 aliphatic heterocycles. The Labute approximate surface area is 123 Å². The lowest BCUT2D eigenvalue weighted by Gasteiger charge is -2.08. The molecule has 1 aromatic heterocycles. The molecule has 0 bridgehead atoms. The smallest absolute Gasteiger partial charge is 0.159 e. The van der Waals surface area contributed by atoms with E-state index < -0.39 is 0 Å². The van der Waals surface area contributed by atoms with Crippen LogP contribution >= 0.6 is 23.2 Å². The topological polar surface area (TPSA) is 37.8 Å². The van der Waals surface area contributed by atoms with E-state index in [1.807, 2.05) is 18.5 Å². The van der Waals surface area contributed by atoms with Crippen LogP contribution in [0, 0.1) is 0 Å². The first-order valence-electron chi connectivity index (χ1n) is 6.06. The van der Waals surface area contributed by atoms with Crippen molar-refractivity contribution in [1.29, 1.82) is 0 Å². The SMILES string of the molecule is CC(C)NCc1cnc(-c2ccc(Cl)c(Cl)c2)nc1. The van der Waals surface area contributed by atoms with E-state index in [1.165, 1.54) is 0 Å². The molecular weight excluding hydrogens is 281 g/mol. The molecule has 0 spiro atoms. The van der Waals surface area contributed by atoms with Crippen LogP contribution in [0.3, 0.4) is 0 Å². The Bertz CT molecular complexity index is 553. The summed E-state index contributed by atoms with van der Waals surface area (Å²) < 4.78 is 0. The van der Waals surface area contributed by atoms with Gasteiger partial charge in [-0.25, -0.2) is 9.97 Å². The molecule has 0 aliphatic carbocycles. The molecule has 19 heavy (non-hydrogen) atoms. The maximum Gasteiger partial charge on any atom is 0.159 e. The Kier molecular flexibility index (Phi) is 4.75. The van der Waals surface area contributed by atoms with Crippen LogP contribution in [-0.4, -0.2) is 16.0 Å². The van der Waals surface area contributed by atoms with Crippen molar-refractivity contribution in [2.24, 2.45) is 0 Å². The van der Waals surface area contributed by atoms with Gasteiger partial charge in [0.25, 0.3) is 0 Å². The molecule has 100 valence electrons. The van der Waals surface area contributed by atoms with Gasteiger partial charge in [0.1, 0.15) is 0 Å². The fourth-order valence-electron chi connectivity index (χ4n) is 1.55. The summed E-state index contributed by atoms with van der Waals surface area (Å²) in [6.07, 6.45) is 3.64. The second-order valence-corrected chi connectivity index (χ2v) is 5.39. The highest BCUT2D eigenvalue weighted by Crippen LogP contribution is 2.26. The Balaban J connectivity index is 2.15. The van der Waals surface area contributed by atoms with Crippen molar-refractivity contribution < 1.29 is 0 Å². The van der Waals surface area contributed by atoms with Crippen molar-refractivity contribution in [1.82, 2.24) is 15.3 Å². The van der Waals surface area contributed by atoms with Crippen molar-refractivity contribution in [2.75, 3.05) is 0 Å². The van der Waals surface area contributed by atoms with Gasteiger partial charge < -0.3 is 5.32 Å². The van der Waals surface area contributed by atoms with Crippen LogP contribution in [0.1, 0.15) is 19.4 Å². The lowest BCUT2D eigenvalue weighted by atomic mass is 10.2. The molecule has 0 fully saturated rings. The van der Waals surface area contributed by atoms with Gasteiger partial charge in [-0.3, -0.25) is 0 Å². The number of halogens is 2. The molecule has 3 nitrogen and oxygen atoms in total. The fourth-order valence-corrected chi connectivity index (χ4v) is 1.85. The zero-order valence-corrected chi connectivity index (χ0v) is 12.3. The quantitative estimate of drug-likeness (QED) is 0.928. The summed E-state index contributed by atoms with van der Waals surface area (Å²) >= 11 is 11.9. The molecule has 1 N–H and O–H groups in total. The van der Waals surface area contributed by atoms with Crippen LogP contribution in [0.2, 0.25) is 10.0 Å². The zero-order chi connectivity index (χ0) is 13.8. The second kappa shape index (κ2) is 6.33. The first kappa shape index (κ1) is 14.3. The van der Waals surface area contributed by atoms with Crippen molar-refractivity contribution >= 4 is 23.2 Å². The Morgan fingerprint density at radius 2 is 1.79 bits per heavy atom. The van der Waals surface area contributed by atoms with Crippen molar-refractivity contribution in [3.63, 3.8) is 0 Å². The number of nitrogens with one attached hydrogen (secondary N) is 1. The predicted octanol–water partition coefficient (Wildman–Crippen LogP) is 3.95. The number of rotatable bonds is 4. The summed E-state index contributed by atoms with van der Waals surface area (Å²) in [7, 11) is 0. The molecule has 5 heteroatoms. The molecule has 0 aliphatic rings. The van der Waals surface area contributed by atoms with E-state index in [0.29, 0.717) is 21.9 Å². The van der Waals surface area contributed by atoms with Gasteiger partial charge in [-0.05, 0) is 18.2 Å². The number of hydrogen-bond acceptors (Lipinski definition) is 3. The zero-order valence-electron chi connectivity index (χ0n) is 10.8. The molecule has 0 atom stereocenters.